The molecule has 0 aromatic heterocycles. The molecule has 1 amide bonds. The van der Waals surface area contributed by atoms with Gasteiger partial charge in [0, 0.05) is 11.0 Å². The summed E-state index contributed by atoms with van der Waals surface area (Å²) in [6.07, 6.45) is -0.829. The van der Waals surface area contributed by atoms with Gasteiger partial charge in [-0.15, -0.1) is 0 Å². The number of nitrogens with two attached hydrogens (primary N) is 1. The third-order valence-electron chi connectivity index (χ3n) is 4.36. The van der Waals surface area contributed by atoms with Crippen LogP contribution in [0.15, 0.2) is 30.3 Å². The first kappa shape index (κ1) is 16.4. The molecule has 1 aliphatic carbocycles. The Balaban J connectivity index is 2.10. The zero-order chi connectivity index (χ0) is 17.6. The molecular weight excluding hydrogens is 319 g/mol. The van der Waals surface area contributed by atoms with Crippen LogP contribution in [-0.2, 0) is 11.2 Å². The molecule has 3 rings (SSSR count). The number of hydrogen-bond acceptors (Lipinski definition) is 2. The van der Waals surface area contributed by atoms with Crippen molar-refractivity contribution >= 4 is 6.09 Å². The predicted octanol–water partition coefficient (Wildman–Crippen LogP) is 4.49. The van der Waals surface area contributed by atoms with Crippen LogP contribution in [0.4, 0.5) is 18.0 Å². The molecule has 0 bridgehead atoms. The maximum atomic E-state index is 14.0. The Morgan fingerprint density at radius 3 is 2.54 bits per heavy atom. The zero-order valence-electron chi connectivity index (χ0n) is 13.2. The van der Waals surface area contributed by atoms with E-state index >= 15 is 0 Å². The van der Waals surface area contributed by atoms with Gasteiger partial charge in [0.05, 0.1) is 0 Å². The lowest BCUT2D eigenvalue weighted by molar-refractivity contribution is 0.0392. The highest BCUT2D eigenvalue weighted by Crippen LogP contribution is 2.48. The van der Waals surface area contributed by atoms with Gasteiger partial charge in [-0.25, -0.2) is 18.0 Å². The van der Waals surface area contributed by atoms with Crippen LogP contribution in [0, 0.1) is 22.9 Å². The monoisotopic (exact) mass is 335 g/mol. The van der Waals surface area contributed by atoms with Crippen molar-refractivity contribution < 1.29 is 22.7 Å². The van der Waals surface area contributed by atoms with E-state index in [1.54, 1.807) is 18.2 Å². The highest BCUT2D eigenvalue weighted by molar-refractivity contribution is 5.68. The SMILES string of the molecule is CC1(C)Cc2ccc(-c3ccc(F)c(F)c3F)cc2C1OC(N)=O. The topological polar surface area (TPSA) is 52.3 Å². The summed E-state index contributed by atoms with van der Waals surface area (Å²) in [6.45, 7) is 3.86. The van der Waals surface area contributed by atoms with Crippen molar-refractivity contribution in [1.82, 2.24) is 0 Å². The molecule has 24 heavy (non-hydrogen) atoms. The number of carbonyl (C=O) groups is 1. The number of benzene rings is 2. The number of fused-ring (bicyclic) bond motifs is 1. The van der Waals surface area contributed by atoms with Crippen LogP contribution >= 0.6 is 0 Å². The van der Waals surface area contributed by atoms with E-state index in [-0.39, 0.29) is 11.0 Å². The summed E-state index contributed by atoms with van der Waals surface area (Å²) in [4.78, 5) is 11.2. The van der Waals surface area contributed by atoms with Gasteiger partial charge in [0.2, 0.25) is 0 Å². The highest BCUT2D eigenvalue weighted by atomic mass is 19.2. The Bertz CT molecular complexity index is 833. The number of hydrogen-bond donors (Lipinski definition) is 1. The summed E-state index contributed by atoms with van der Waals surface area (Å²) in [7, 11) is 0. The smallest absolute Gasteiger partial charge is 0.405 e. The van der Waals surface area contributed by atoms with Crippen molar-refractivity contribution in [3.05, 3.63) is 58.9 Å². The third-order valence-corrected chi connectivity index (χ3v) is 4.36. The third kappa shape index (κ3) is 2.62. The van der Waals surface area contributed by atoms with E-state index in [2.05, 4.69) is 0 Å². The Kier molecular flexibility index (Phi) is 3.78. The molecule has 6 heteroatoms. The van der Waals surface area contributed by atoms with Crippen molar-refractivity contribution in [1.29, 1.82) is 0 Å². The second-order valence-corrected chi connectivity index (χ2v) is 6.62. The van der Waals surface area contributed by atoms with Gasteiger partial charge in [-0.05, 0) is 41.3 Å². The van der Waals surface area contributed by atoms with E-state index in [1.807, 2.05) is 13.8 Å². The first-order valence-electron chi connectivity index (χ1n) is 7.43. The van der Waals surface area contributed by atoms with Gasteiger partial charge < -0.3 is 10.5 Å². The minimum absolute atomic E-state index is 0.0563. The van der Waals surface area contributed by atoms with Crippen LogP contribution in [0.5, 0.6) is 0 Å². The fourth-order valence-corrected chi connectivity index (χ4v) is 3.26. The number of primary amides is 1. The Morgan fingerprint density at radius 1 is 1.17 bits per heavy atom. The largest absolute Gasteiger partial charge is 0.441 e. The van der Waals surface area contributed by atoms with Crippen LogP contribution in [0.2, 0.25) is 0 Å². The van der Waals surface area contributed by atoms with E-state index in [0.717, 1.165) is 11.6 Å². The average Bonchev–Trinajstić information content (AvgIpc) is 2.75. The van der Waals surface area contributed by atoms with Crippen LogP contribution in [0.25, 0.3) is 11.1 Å². The minimum atomic E-state index is -1.52. The fourth-order valence-electron chi connectivity index (χ4n) is 3.26. The lowest BCUT2D eigenvalue weighted by Gasteiger charge is -2.26. The second-order valence-electron chi connectivity index (χ2n) is 6.62. The van der Waals surface area contributed by atoms with Gasteiger partial charge in [0.15, 0.2) is 17.5 Å². The number of amides is 1. The molecular formula is C18H16F3NO2. The Labute approximate surface area is 137 Å². The van der Waals surface area contributed by atoms with Crippen LogP contribution in [0.3, 0.4) is 0 Å². The Morgan fingerprint density at radius 2 is 1.88 bits per heavy atom. The van der Waals surface area contributed by atoms with E-state index < -0.39 is 29.6 Å². The normalized spacial score (nSPS) is 18.3. The lowest BCUT2D eigenvalue weighted by Crippen LogP contribution is -2.25. The molecule has 0 saturated heterocycles. The molecule has 2 aromatic carbocycles. The average molecular weight is 335 g/mol. The number of carbonyl (C=O) groups excluding carboxylic acids is 1. The van der Waals surface area contributed by atoms with Gasteiger partial charge >= 0.3 is 6.09 Å². The lowest BCUT2D eigenvalue weighted by atomic mass is 9.87. The molecule has 0 spiro atoms. The van der Waals surface area contributed by atoms with Crippen molar-refractivity contribution in [2.45, 2.75) is 26.4 Å². The molecule has 1 aliphatic rings. The molecule has 0 heterocycles. The fraction of sp³-hybridized carbons (Fsp3) is 0.278. The summed E-state index contributed by atoms with van der Waals surface area (Å²) in [5, 5.41) is 0. The molecule has 0 saturated carbocycles. The van der Waals surface area contributed by atoms with Gasteiger partial charge in [-0.2, -0.15) is 0 Å². The Hall–Kier alpha value is -2.50. The molecule has 0 radical (unpaired) electrons. The molecule has 1 atom stereocenters. The summed E-state index contributed by atoms with van der Waals surface area (Å²) >= 11 is 0. The van der Waals surface area contributed by atoms with E-state index in [1.165, 1.54) is 6.07 Å². The highest BCUT2D eigenvalue weighted by Gasteiger charge is 2.41. The van der Waals surface area contributed by atoms with Gasteiger partial charge in [0.1, 0.15) is 6.10 Å². The zero-order valence-corrected chi connectivity index (χ0v) is 13.2. The second kappa shape index (κ2) is 5.54. The molecule has 3 nitrogen and oxygen atoms in total. The summed E-state index contributed by atoms with van der Waals surface area (Å²) in [5.41, 5.74) is 6.73. The first-order valence-corrected chi connectivity index (χ1v) is 7.43. The van der Waals surface area contributed by atoms with Crippen molar-refractivity contribution in [3.8, 4) is 11.1 Å². The summed E-state index contributed by atoms with van der Waals surface area (Å²) in [5.74, 6) is -4.01. The van der Waals surface area contributed by atoms with Crippen molar-refractivity contribution in [2.24, 2.45) is 11.1 Å². The first-order chi connectivity index (χ1) is 11.2. The maximum absolute atomic E-state index is 14.0. The minimum Gasteiger partial charge on any atom is -0.441 e. The van der Waals surface area contributed by atoms with E-state index in [9.17, 15) is 18.0 Å². The standard InChI is InChI=1S/C18H16F3NO2/c1-18(2)8-10-4-3-9(7-12(10)16(18)24-17(22)23)11-5-6-13(19)15(21)14(11)20/h3-7,16H,8H2,1-2H3,(H2,22,23). The van der Waals surface area contributed by atoms with Crippen LogP contribution in [-0.4, -0.2) is 6.09 Å². The quantitative estimate of drug-likeness (QED) is 0.822. The predicted molar refractivity (Wildman–Crippen MR) is 82.6 cm³/mol. The maximum Gasteiger partial charge on any atom is 0.405 e. The summed E-state index contributed by atoms with van der Waals surface area (Å²) in [6, 6.07) is 7.10. The molecule has 126 valence electrons. The van der Waals surface area contributed by atoms with Crippen LogP contribution in [0.1, 0.15) is 31.1 Å². The number of rotatable bonds is 2. The molecule has 2 aromatic rings. The number of ether oxygens (including phenoxy) is 1. The van der Waals surface area contributed by atoms with Crippen molar-refractivity contribution in [3.63, 3.8) is 0 Å². The van der Waals surface area contributed by atoms with Gasteiger partial charge in [-0.3, -0.25) is 0 Å². The van der Waals surface area contributed by atoms with Gasteiger partial charge in [-0.1, -0.05) is 26.0 Å². The van der Waals surface area contributed by atoms with E-state index in [0.29, 0.717) is 17.5 Å². The molecule has 0 fully saturated rings. The number of halogens is 3. The van der Waals surface area contributed by atoms with Crippen molar-refractivity contribution in [2.75, 3.05) is 0 Å². The van der Waals surface area contributed by atoms with E-state index in [4.69, 9.17) is 10.5 Å². The molecule has 0 aliphatic heterocycles. The molecule has 2 N–H and O–H groups in total. The van der Waals surface area contributed by atoms with Gasteiger partial charge in [0.25, 0.3) is 0 Å². The van der Waals surface area contributed by atoms with Crippen LogP contribution < -0.4 is 5.73 Å². The molecule has 1 unspecified atom stereocenters. The summed E-state index contributed by atoms with van der Waals surface area (Å²) < 4.78 is 45.9.